The average Bonchev–Trinajstić information content (AvgIpc) is 2.99. The van der Waals surface area contributed by atoms with Crippen LogP contribution in [0.4, 0.5) is 0 Å². The summed E-state index contributed by atoms with van der Waals surface area (Å²) in [6.45, 7) is 8.67. The van der Waals surface area contributed by atoms with E-state index in [-0.39, 0.29) is 17.0 Å². The number of nitrogens with zero attached hydrogens (tertiary/aromatic N) is 2. The van der Waals surface area contributed by atoms with Crippen LogP contribution in [0.25, 0.3) is 0 Å². The highest BCUT2D eigenvalue weighted by molar-refractivity contribution is 5.95. The van der Waals surface area contributed by atoms with Crippen LogP contribution >= 0.6 is 0 Å². The molecule has 6 heteroatoms. The Balaban J connectivity index is 1.99. The highest BCUT2D eigenvalue weighted by Gasteiger charge is 2.22. The Bertz CT molecular complexity index is 755. The molecule has 0 saturated heterocycles. The van der Waals surface area contributed by atoms with Gasteiger partial charge in [-0.1, -0.05) is 19.1 Å². The fourth-order valence-electron chi connectivity index (χ4n) is 2.71. The normalized spacial score (nSPS) is 11.4. The van der Waals surface area contributed by atoms with E-state index < -0.39 is 5.97 Å². The summed E-state index contributed by atoms with van der Waals surface area (Å²) in [5.41, 5.74) is 2.60. The largest absolute Gasteiger partial charge is 0.478 e. The van der Waals surface area contributed by atoms with Crippen molar-refractivity contribution < 1.29 is 14.7 Å². The Morgan fingerprint density at radius 1 is 1.20 bits per heavy atom. The van der Waals surface area contributed by atoms with Crippen molar-refractivity contribution in [1.82, 2.24) is 15.1 Å². The lowest BCUT2D eigenvalue weighted by Crippen LogP contribution is -2.28. The van der Waals surface area contributed by atoms with Gasteiger partial charge in [-0.2, -0.15) is 5.10 Å². The van der Waals surface area contributed by atoms with Gasteiger partial charge in [-0.3, -0.25) is 9.48 Å². The number of aromatic carboxylic acids is 1. The van der Waals surface area contributed by atoms with Gasteiger partial charge in [0.05, 0.1) is 28.6 Å². The predicted molar refractivity (Wildman–Crippen MR) is 96.0 cm³/mol. The molecule has 134 valence electrons. The van der Waals surface area contributed by atoms with Gasteiger partial charge in [0.2, 0.25) is 0 Å². The van der Waals surface area contributed by atoms with E-state index in [1.54, 1.807) is 30.5 Å². The highest BCUT2D eigenvalue weighted by Crippen LogP contribution is 2.19. The smallest absolute Gasteiger partial charge is 0.335 e. The minimum atomic E-state index is -0.942. The summed E-state index contributed by atoms with van der Waals surface area (Å²) >= 11 is 0. The molecule has 1 amide bonds. The standard InChI is InChI=1S/C19H25N3O3/c1-5-16-15(12-21-22(16)19(2,3)4)17(23)20-11-10-13-6-8-14(9-7-13)18(24)25/h6-9,12H,5,10-11H2,1-4H3,(H,20,23)(H,24,25). The SMILES string of the molecule is CCc1c(C(=O)NCCc2ccc(C(=O)O)cc2)cnn1C(C)(C)C. The third-order valence-corrected chi connectivity index (χ3v) is 3.98. The van der Waals surface area contributed by atoms with Gasteiger partial charge in [0, 0.05) is 6.54 Å². The Labute approximate surface area is 147 Å². The van der Waals surface area contributed by atoms with Crippen molar-refractivity contribution in [2.24, 2.45) is 0 Å². The van der Waals surface area contributed by atoms with E-state index in [0.717, 1.165) is 17.7 Å². The maximum Gasteiger partial charge on any atom is 0.335 e. The van der Waals surface area contributed by atoms with E-state index in [2.05, 4.69) is 31.2 Å². The van der Waals surface area contributed by atoms with Crippen LogP contribution in [0.2, 0.25) is 0 Å². The molecule has 0 saturated carbocycles. The molecule has 0 aliphatic rings. The molecule has 2 aromatic rings. The minimum Gasteiger partial charge on any atom is -0.478 e. The van der Waals surface area contributed by atoms with Gasteiger partial charge < -0.3 is 10.4 Å². The second-order valence-electron chi connectivity index (χ2n) is 6.95. The Hall–Kier alpha value is -2.63. The second kappa shape index (κ2) is 7.51. The molecule has 1 aromatic heterocycles. The van der Waals surface area contributed by atoms with Gasteiger partial charge in [0.15, 0.2) is 0 Å². The van der Waals surface area contributed by atoms with Gasteiger partial charge >= 0.3 is 5.97 Å². The van der Waals surface area contributed by atoms with E-state index >= 15 is 0 Å². The van der Waals surface area contributed by atoms with Crippen molar-refractivity contribution in [3.63, 3.8) is 0 Å². The van der Waals surface area contributed by atoms with Crippen LogP contribution in [-0.4, -0.2) is 33.3 Å². The number of hydrogen-bond donors (Lipinski definition) is 2. The van der Waals surface area contributed by atoms with Gasteiger partial charge in [-0.25, -0.2) is 4.79 Å². The van der Waals surface area contributed by atoms with Crippen molar-refractivity contribution in [1.29, 1.82) is 0 Å². The molecule has 6 nitrogen and oxygen atoms in total. The highest BCUT2D eigenvalue weighted by atomic mass is 16.4. The van der Waals surface area contributed by atoms with Crippen molar-refractivity contribution in [3.8, 4) is 0 Å². The number of carboxylic acid groups (broad SMARTS) is 1. The molecular formula is C19H25N3O3. The number of aromatic nitrogens is 2. The summed E-state index contributed by atoms with van der Waals surface area (Å²) in [6.07, 6.45) is 3.00. The van der Waals surface area contributed by atoms with Crippen LogP contribution in [0, 0.1) is 0 Å². The number of carboxylic acids is 1. The molecule has 0 spiro atoms. The lowest BCUT2D eigenvalue weighted by molar-refractivity contribution is 0.0696. The van der Waals surface area contributed by atoms with E-state index in [0.29, 0.717) is 18.5 Å². The van der Waals surface area contributed by atoms with Crippen molar-refractivity contribution >= 4 is 11.9 Å². The average molecular weight is 343 g/mol. The summed E-state index contributed by atoms with van der Waals surface area (Å²) in [4.78, 5) is 23.3. The Morgan fingerprint density at radius 2 is 1.84 bits per heavy atom. The quantitative estimate of drug-likeness (QED) is 0.845. The van der Waals surface area contributed by atoms with Crippen LogP contribution in [0.1, 0.15) is 59.7 Å². The molecule has 2 rings (SSSR count). The van der Waals surface area contributed by atoms with Crippen molar-refractivity contribution in [3.05, 3.63) is 52.8 Å². The van der Waals surface area contributed by atoms with E-state index in [4.69, 9.17) is 5.11 Å². The molecule has 0 radical (unpaired) electrons. The van der Waals surface area contributed by atoms with Crippen LogP contribution in [-0.2, 0) is 18.4 Å². The Morgan fingerprint density at radius 3 is 2.36 bits per heavy atom. The summed E-state index contributed by atoms with van der Waals surface area (Å²) < 4.78 is 1.90. The number of hydrogen-bond acceptors (Lipinski definition) is 3. The zero-order chi connectivity index (χ0) is 18.6. The maximum absolute atomic E-state index is 12.5. The first-order valence-corrected chi connectivity index (χ1v) is 8.42. The molecule has 2 N–H and O–H groups in total. The van der Waals surface area contributed by atoms with E-state index in [1.165, 1.54) is 0 Å². The van der Waals surface area contributed by atoms with Crippen molar-refractivity contribution in [2.75, 3.05) is 6.54 Å². The molecule has 1 heterocycles. The maximum atomic E-state index is 12.5. The first-order valence-electron chi connectivity index (χ1n) is 8.42. The topological polar surface area (TPSA) is 84.2 Å². The van der Waals surface area contributed by atoms with Crippen LogP contribution in [0.15, 0.2) is 30.5 Å². The number of nitrogens with one attached hydrogen (secondary N) is 1. The zero-order valence-corrected chi connectivity index (χ0v) is 15.2. The summed E-state index contributed by atoms with van der Waals surface area (Å²) in [7, 11) is 0. The van der Waals surface area contributed by atoms with Crippen LogP contribution in [0.3, 0.4) is 0 Å². The van der Waals surface area contributed by atoms with Gasteiger partial charge in [-0.15, -0.1) is 0 Å². The Kier molecular flexibility index (Phi) is 5.62. The lowest BCUT2D eigenvalue weighted by Gasteiger charge is -2.22. The monoisotopic (exact) mass is 343 g/mol. The molecule has 0 aliphatic carbocycles. The third kappa shape index (κ3) is 4.47. The molecule has 0 bridgehead atoms. The molecule has 0 atom stereocenters. The molecular weight excluding hydrogens is 318 g/mol. The van der Waals surface area contributed by atoms with Crippen molar-refractivity contribution in [2.45, 2.75) is 46.1 Å². The molecule has 1 aromatic carbocycles. The van der Waals surface area contributed by atoms with Gasteiger partial charge in [0.25, 0.3) is 5.91 Å². The lowest BCUT2D eigenvalue weighted by atomic mass is 10.1. The van der Waals surface area contributed by atoms with Crippen LogP contribution in [0.5, 0.6) is 0 Å². The molecule has 0 fully saturated rings. The minimum absolute atomic E-state index is 0.130. The third-order valence-electron chi connectivity index (χ3n) is 3.98. The first kappa shape index (κ1) is 18.7. The summed E-state index contributed by atoms with van der Waals surface area (Å²) in [5.74, 6) is -1.07. The summed E-state index contributed by atoms with van der Waals surface area (Å²) in [6, 6.07) is 6.68. The zero-order valence-electron chi connectivity index (χ0n) is 15.2. The molecule has 0 aliphatic heterocycles. The number of carbonyl (C=O) groups excluding carboxylic acids is 1. The van der Waals surface area contributed by atoms with E-state index in [9.17, 15) is 9.59 Å². The number of amides is 1. The predicted octanol–water partition coefficient (Wildman–Crippen LogP) is 2.87. The fourth-order valence-corrected chi connectivity index (χ4v) is 2.71. The van der Waals surface area contributed by atoms with E-state index in [1.807, 2.05) is 11.6 Å². The number of benzene rings is 1. The fraction of sp³-hybridized carbons (Fsp3) is 0.421. The summed E-state index contributed by atoms with van der Waals surface area (Å²) in [5, 5.41) is 16.2. The van der Waals surface area contributed by atoms with Gasteiger partial charge in [-0.05, 0) is 51.3 Å². The first-order chi connectivity index (χ1) is 11.7. The molecule has 0 unspecified atom stereocenters. The molecule has 25 heavy (non-hydrogen) atoms. The number of rotatable bonds is 6. The number of carbonyl (C=O) groups is 2. The second-order valence-corrected chi connectivity index (χ2v) is 6.95. The van der Waals surface area contributed by atoms with Gasteiger partial charge in [0.1, 0.15) is 0 Å². The van der Waals surface area contributed by atoms with Crippen LogP contribution < -0.4 is 5.32 Å².